The van der Waals surface area contributed by atoms with E-state index in [1.165, 1.54) is 25.0 Å². The number of benzene rings is 1. The molecule has 0 aliphatic heterocycles. The quantitative estimate of drug-likeness (QED) is 0.499. The Bertz CT molecular complexity index is 588. The molecule has 0 spiro atoms. The van der Waals surface area contributed by atoms with Crippen molar-refractivity contribution < 1.29 is 10.0 Å². The molecule has 0 unspecified atom stereocenters. The summed E-state index contributed by atoms with van der Waals surface area (Å²) in [5.41, 5.74) is 0.725. The molecule has 0 amide bonds. The van der Waals surface area contributed by atoms with Crippen LogP contribution < -0.4 is 0 Å². The Morgan fingerprint density at radius 3 is 2.59 bits per heavy atom. The number of hydrogen-bond donors (Lipinski definition) is 1. The fraction of sp³-hybridized carbons (Fsp3) is 0.588. The third kappa shape index (κ3) is 3.46. The molecule has 120 valence electrons. The van der Waals surface area contributed by atoms with Gasteiger partial charge in [0.2, 0.25) is 0 Å². The fourth-order valence-corrected chi connectivity index (χ4v) is 2.79. The molecule has 0 bridgehead atoms. The van der Waals surface area contributed by atoms with E-state index in [0.717, 1.165) is 19.3 Å². The Hall–Kier alpha value is -1.91. The van der Waals surface area contributed by atoms with Crippen molar-refractivity contribution in [2.45, 2.75) is 64.3 Å². The molecule has 0 atom stereocenters. The summed E-state index contributed by atoms with van der Waals surface area (Å²) in [5, 5.41) is 21.7. The van der Waals surface area contributed by atoms with Crippen LogP contribution >= 0.6 is 0 Å². The Kier molecular flexibility index (Phi) is 4.84. The number of phenolic OH excluding ortho intramolecular Hbond substituents is 1. The number of nitro groups is 1. The van der Waals surface area contributed by atoms with Crippen molar-refractivity contribution in [1.82, 2.24) is 0 Å². The van der Waals surface area contributed by atoms with Gasteiger partial charge in [0.05, 0.1) is 4.92 Å². The maximum Gasteiger partial charge on any atom is 0.270 e. The number of aromatic hydroxyl groups is 1. The van der Waals surface area contributed by atoms with E-state index < -0.39 is 4.92 Å². The van der Waals surface area contributed by atoms with Crippen molar-refractivity contribution in [3.8, 4) is 5.75 Å². The zero-order valence-electron chi connectivity index (χ0n) is 13.5. The van der Waals surface area contributed by atoms with E-state index in [1.54, 1.807) is 6.21 Å². The summed E-state index contributed by atoms with van der Waals surface area (Å²) in [5.74, 6) is 0.110. The maximum absolute atomic E-state index is 11.2. The van der Waals surface area contributed by atoms with Crippen LogP contribution in [0, 0.1) is 10.1 Å². The minimum Gasteiger partial charge on any atom is -0.507 e. The molecule has 1 saturated carbocycles. The lowest BCUT2D eigenvalue weighted by molar-refractivity contribution is -0.385. The summed E-state index contributed by atoms with van der Waals surface area (Å²) < 4.78 is 0. The van der Waals surface area contributed by atoms with Crippen LogP contribution in [0.15, 0.2) is 17.1 Å². The minimum absolute atomic E-state index is 0.00203. The van der Waals surface area contributed by atoms with Gasteiger partial charge < -0.3 is 5.11 Å². The molecule has 1 aromatic carbocycles. The molecule has 22 heavy (non-hydrogen) atoms. The number of nitrogens with zero attached hydrogens (tertiary/aromatic N) is 2. The van der Waals surface area contributed by atoms with E-state index >= 15 is 0 Å². The summed E-state index contributed by atoms with van der Waals surface area (Å²) in [6.45, 7) is 5.96. The fourth-order valence-electron chi connectivity index (χ4n) is 2.79. The first kappa shape index (κ1) is 16.5. The average Bonchev–Trinajstić information content (AvgIpc) is 2.99. The van der Waals surface area contributed by atoms with E-state index in [-0.39, 0.29) is 22.9 Å². The number of non-ortho nitro benzene ring substituents is 1. The molecule has 0 radical (unpaired) electrons. The Morgan fingerprint density at radius 2 is 2.05 bits per heavy atom. The number of nitro benzene ring substituents is 1. The monoisotopic (exact) mass is 304 g/mol. The summed E-state index contributed by atoms with van der Waals surface area (Å²) in [6.07, 6.45) is 6.85. The summed E-state index contributed by atoms with van der Waals surface area (Å²) in [4.78, 5) is 15.3. The second kappa shape index (κ2) is 6.46. The number of hydrogen-bond acceptors (Lipinski definition) is 4. The van der Waals surface area contributed by atoms with Crippen LogP contribution in [-0.2, 0) is 5.41 Å². The van der Waals surface area contributed by atoms with Crippen molar-refractivity contribution in [2.75, 3.05) is 0 Å². The van der Waals surface area contributed by atoms with E-state index in [2.05, 4.69) is 4.99 Å². The topological polar surface area (TPSA) is 75.7 Å². The first-order valence-corrected chi connectivity index (χ1v) is 7.90. The van der Waals surface area contributed by atoms with E-state index in [4.69, 9.17) is 0 Å². The first-order valence-electron chi connectivity index (χ1n) is 7.90. The molecule has 2 rings (SSSR count). The maximum atomic E-state index is 11.2. The zero-order chi connectivity index (χ0) is 16.3. The van der Waals surface area contributed by atoms with Gasteiger partial charge in [-0.25, -0.2) is 0 Å². The molecule has 1 aromatic rings. The second-order valence-electron chi connectivity index (χ2n) is 6.64. The van der Waals surface area contributed by atoms with E-state index in [0.29, 0.717) is 11.1 Å². The van der Waals surface area contributed by atoms with Gasteiger partial charge in [-0.1, -0.05) is 33.6 Å². The smallest absolute Gasteiger partial charge is 0.270 e. The molecule has 5 nitrogen and oxygen atoms in total. The van der Waals surface area contributed by atoms with Crippen molar-refractivity contribution >= 4 is 11.9 Å². The van der Waals surface area contributed by atoms with Crippen molar-refractivity contribution in [2.24, 2.45) is 4.99 Å². The van der Waals surface area contributed by atoms with Crippen LogP contribution in [0.5, 0.6) is 5.75 Å². The van der Waals surface area contributed by atoms with Gasteiger partial charge in [-0.15, -0.1) is 0 Å². The lowest BCUT2D eigenvalue weighted by Gasteiger charge is -2.24. The Labute approximate surface area is 131 Å². The van der Waals surface area contributed by atoms with Crippen LogP contribution in [0.4, 0.5) is 5.69 Å². The van der Waals surface area contributed by atoms with Crippen molar-refractivity contribution in [1.29, 1.82) is 0 Å². The standard InChI is InChI=1S/C17H24N2O3/c1-4-17(2,3)15-10-14(19(21)22)9-12(16(15)20)11-18-13-7-5-6-8-13/h9-11,13,20H,4-8H2,1-3H3. The highest BCUT2D eigenvalue weighted by Gasteiger charge is 2.26. The Morgan fingerprint density at radius 1 is 1.41 bits per heavy atom. The predicted octanol–water partition coefficient (Wildman–Crippen LogP) is 4.35. The molecule has 0 saturated heterocycles. The van der Waals surface area contributed by atoms with Crippen LogP contribution in [-0.4, -0.2) is 22.3 Å². The number of rotatable bonds is 5. The highest BCUT2D eigenvalue weighted by Crippen LogP contribution is 2.38. The molecule has 5 heteroatoms. The summed E-state index contributed by atoms with van der Waals surface area (Å²) in [7, 11) is 0. The van der Waals surface area contributed by atoms with Gasteiger partial charge in [0.25, 0.3) is 5.69 Å². The molecule has 0 aromatic heterocycles. The molecular weight excluding hydrogens is 280 g/mol. The number of aliphatic imine (C=N–C) groups is 1. The minimum atomic E-state index is -0.415. The predicted molar refractivity (Wildman–Crippen MR) is 87.9 cm³/mol. The summed E-state index contributed by atoms with van der Waals surface area (Å²) in [6, 6.07) is 3.16. The first-order chi connectivity index (χ1) is 10.3. The van der Waals surface area contributed by atoms with Gasteiger partial charge in [-0.3, -0.25) is 15.1 Å². The third-order valence-corrected chi connectivity index (χ3v) is 4.70. The van der Waals surface area contributed by atoms with Crippen LogP contribution in [0.1, 0.15) is 64.0 Å². The second-order valence-corrected chi connectivity index (χ2v) is 6.64. The normalized spacial score (nSPS) is 16.5. The van der Waals surface area contributed by atoms with Crippen molar-refractivity contribution in [3.05, 3.63) is 33.4 Å². The van der Waals surface area contributed by atoms with Gasteiger partial charge >= 0.3 is 0 Å². The summed E-state index contributed by atoms with van der Waals surface area (Å²) >= 11 is 0. The van der Waals surface area contributed by atoms with E-state index in [9.17, 15) is 15.2 Å². The lowest BCUT2D eigenvalue weighted by Crippen LogP contribution is -2.16. The molecule has 1 aliphatic carbocycles. The van der Waals surface area contributed by atoms with E-state index in [1.807, 2.05) is 20.8 Å². The van der Waals surface area contributed by atoms with Crippen LogP contribution in [0.25, 0.3) is 0 Å². The van der Waals surface area contributed by atoms with Crippen LogP contribution in [0.3, 0.4) is 0 Å². The zero-order valence-corrected chi connectivity index (χ0v) is 13.5. The molecule has 1 N–H and O–H groups in total. The molecular formula is C17H24N2O3. The highest BCUT2D eigenvalue weighted by molar-refractivity contribution is 5.85. The number of phenols is 1. The highest BCUT2D eigenvalue weighted by atomic mass is 16.6. The molecule has 0 heterocycles. The van der Waals surface area contributed by atoms with Crippen molar-refractivity contribution in [3.63, 3.8) is 0 Å². The molecule has 1 fully saturated rings. The van der Waals surface area contributed by atoms with Gasteiger partial charge in [0.15, 0.2) is 0 Å². The van der Waals surface area contributed by atoms with Crippen LogP contribution in [0.2, 0.25) is 0 Å². The van der Waals surface area contributed by atoms with Gasteiger partial charge in [0.1, 0.15) is 5.75 Å². The SMILES string of the molecule is CCC(C)(C)c1cc([N+](=O)[O-])cc(C=NC2CCCC2)c1O. The van der Waals surface area contributed by atoms with Gasteiger partial charge in [-0.2, -0.15) is 0 Å². The van der Waals surface area contributed by atoms with Gasteiger partial charge in [-0.05, 0) is 24.7 Å². The lowest BCUT2D eigenvalue weighted by atomic mass is 9.80. The molecule has 1 aliphatic rings. The Balaban J connectivity index is 2.45. The third-order valence-electron chi connectivity index (χ3n) is 4.70. The average molecular weight is 304 g/mol. The largest absolute Gasteiger partial charge is 0.507 e. The van der Waals surface area contributed by atoms with Gasteiger partial charge in [0, 0.05) is 35.5 Å².